The van der Waals surface area contributed by atoms with Gasteiger partial charge in [0.15, 0.2) is 5.90 Å². The molecule has 0 bridgehead atoms. The van der Waals surface area contributed by atoms with Crippen LogP contribution in [0.1, 0.15) is 19.8 Å². The fourth-order valence-corrected chi connectivity index (χ4v) is 0.399. The molecule has 3 heteroatoms. The molecule has 0 amide bonds. The molecular weight excluding hydrogens is 118 g/mol. The molecule has 0 saturated carbocycles. The van der Waals surface area contributed by atoms with Gasteiger partial charge in [0.25, 0.3) is 0 Å². The third-order valence-electron chi connectivity index (χ3n) is 0.819. The number of ether oxygens (including phenoxy) is 1. The summed E-state index contributed by atoms with van der Waals surface area (Å²) in [7, 11) is 0. The first-order valence-electron chi connectivity index (χ1n) is 3.12. The van der Waals surface area contributed by atoms with Crippen LogP contribution in [0.3, 0.4) is 0 Å². The van der Waals surface area contributed by atoms with Gasteiger partial charge < -0.3 is 9.84 Å². The van der Waals surface area contributed by atoms with Crippen molar-refractivity contribution in [2.24, 2.45) is 0 Å². The number of aliphatic hydroxyl groups excluding tert-OH is 1. The Kier molecular flexibility index (Phi) is 5.21. The van der Waals surface area contributed by atoms with E-state index >= 15 is 0 Å². The first kappa shape index (κ1) is 8.43. The van der Waals surface area contributed by atoms with Gasteiger partial charge in [-0.1, -0.05) is 6.92 Å². The molecule has 3 nitrogen and oxygen atoms in total. The molecule has 0 rings (SSSR count). The molecule has 0 aromatic carbocycles. The van der Waals surface area contributed by atoms with Crippen LogP contribution in [-0.4, -0.2) is 24.2 Å². The maximum Gasteiger partial charge on any atom is 0.182 e. The van der Waals surface area contributed by atoms with Crippen LogP contribution in [0.15, 0.2) is 0 Å². The predicted molar refractivity (Wildman–Crippen MR) is 35.7 cm³/mol. The molecule has 9 heavy (non-hydrogen) atoms. The molecule has 0 fully saturated rings. The second-order valence-corrected chi connectivity index (χ2v) is 1.75. The summed E-state index contributed by atoms with van der Waals surface area (Å²) in [6.07, 6.45) is 1.24. The molecule has 0 radical (unpaired) electrons. The van der Waals surface area contributed by atoms with Gasteiger partial charge in [0.2, 0.25) is 0 Å². The van der Waals surface area contributed by atoms with Crippen LogP contribution in [0.2, 0.25) is 0 Å². The van der Waals surface area contributed by atoms with Gasteiger partial charge >= 0.3 is 0 Å². The van der Waals surface area contributed by atoms with E-state index in [1.54, 1.807) is 0 Å². The zero-order valence-electron chi connectivity index (χ0n) is 5.68. The van der Waals surface area contributed by atoms with Crippen LogP contribution in [0, 0.1) is 5.41 Å². The Hall–Kier alpha value is -0.570. The zero-order valence-corrected chi connectivity index (χ0v) is 5.68. The smallest absolute Gasteiger partial charge is 0.182 e. The number of nitrogens with one attached hydrogen (secondary N) is 1. The lowest BCUT2D eigenvalue weighted by molar-refractivity contribution is 0.261. The van der Waals surface area contributed by atoms with Crippen molar-refractivity contribution in [1.29, 1.82) is 5.41 Å². The molecule has 0 spiro atoms. The highest BCUT2D eigenvalue weighted by Crippen LogP contribution is 1.86. The fourth-order valence-electron chi connectivity index (χ4n) is 0.399. The second-order valence-electron chi connectivity index (χ2n) is 1.75. The lowest BCUT2D eigenvalue weighted by Crippen LogP contribution is -2.05. The minimum Gasteiger partial charge on any atom is -0.481 e. The summed E-state index contributed by atoms with van der Waals surface area (Å²) in [5.41, 5.74) is 0. The van der Waals surface area contributed by atoms with E-state index in [-0.39, 0.29) is 12.5 Å². The summed E-state index contributed by atoms with van der Waals surface area (Å²) < 4.78 is 4.85. The van der Waals surface area contributed by atoms with Crippen molar-refractivity contribution in [3.05, 3.63) is 0 Å². The van der Waals surface area contributed by atoms with E-state index in [0.29, 0.717) is 13.0 Å². The van der Waals surface area contributed by atoms with Gasteiger partial charge in [-0.15, -0.1) is 0 Å². The molecule has 0 aromatic rings. The minimum atomic E-state index is 0.00253. The maximum absolute atomic E-state index is 8.32. The molecule has 0 aliphatic rings. The van der Waals surface area contributed by atoms with E-state index in [2.05, 4.69) is 0 Å². The van der Waals surface area contributed by atoms with Crippen molar-refractivity contribution in [2.75, 3.05) is 13.2 Å². The average Bonchev–Trinajstić information content (AvgIpc) is 1.85. The van der Waals surface area contributed by atoms with Crippen LogP contribution >= 0.6 is 0 Å². The second kappa shape index (κ2) is 5.56. The molecular formula is C6H13NO2. The summed E-state index contributed by atoms with van der Waals surface area (Å²) in [6.45, 7) is 2.56. The molecule has 54 valence electrons. The SMILES string of the molecule is CCCOC(=N)CCO. The average molecular weight is 131 g/mol. The Morgan fingerprint density at radius 2 is 2.33 bits per heavy atom. The molecule has 0 saturated heterocycles. The molecule has 0 unspecified atom stereocenters. The van der Waals surface area contributed by atoms with Crippen LogP contribution in [-0.2, 0) is 4.74 Å². The topological polar surface area (TPSA) is 53.3 Å². The van der Waals surface area contributed by atoms with Gasteiger partial charge in [0.05, 0.1) is 13.2 Å². The number of rotatable bonds is 4. The summed E-state index contributed by atoms with van der Waals surface area (Å²) in [6, 6.07) is 0. The van der Waals surface area contributed by atoms with E-state index in [9.17, 15) is 0 Å². The number of aliphatic hydroxyl groups is 1. The standard InChI is InChI=1S/C6H13NO2/c1-2-5-9-6(7)3-4-8/h7-8H,2-5H2,1H3. The molecule has 0 aliphatic carbocycles. The first-order valence-corrected chi connectivity index (χ1v) is 3.12. The van der Waals surface area contributed by atoms with E-state index in [1.807, 2.05) is 6.92 Å². The lowest BCUT2D eigenvalue weighted by Gasteiger charge is -2.02. The Morgan fingerprint density at radius 1 is 1.67 bits per heavy atom. The zero-order chi connectivity index (χ0) is 7.11. The van der Waals surface area contributed by atoms with Gasteiger partial charge in [-0.05, 0) is 6.42 Å². The van der Waals surface area contributed by atoms with Gasteiger partial charge in [-0.3, -0.25) is 5.41 Å². The third-order valence-corrected chi connectivity index (χ3v) is 0.819. The highest BCUT2D eigenvalue weighted by Gasteiger charge is 1.92. The fraction of sp³-hybridized carbons (Fsp3) is 0.833. The van der Waals surface area contributed by atoms with Crippen molar-refractivity contribution in [3.63, 3.8) is 0 Å². The van der Waals surface area contributed by atoms with E-state index in [0.717, 1.165) is 6.42 Å². The lowest BCUT2D eigenvalue weighted by atomic mass is 10.4. The molecule has 0 heterocycles. The normalized spacial score (nSPS) is 9.11. The van der Waals surface area contributed by atoms with E-state index in [4.69, 9.17) is 15.3 Å². The van der Waals surface area contributed by atoms with Gasteiger partial charge in [-0.2, -0.15) is 0 Å². The number of hydrogen-bond donors (Lipinski definition) is 2. The summed E-state index contributed by atoms with van der Waals surface area (Å²) >= 11 is 0. The van der Waals surface area contributed by atoms with Crippen LogP contribution in [0.5, 0.6) is 0 Å². The van der Waals surface area contributed by atoms with E-state index in [1.165, 1.54) is 0 Å². The Balaban J connectivity index is 3.06. The minimum absolute atomic E-state index is 0.00253. The first-order chi connectivity index (χ1) is 4.31. The molecule has 0 aliphatic heterocycles. The molecule has 2 N–H and O–H groups in total. The van der Waals surface area contributed by atoms with Gasteiger partial charge in [0, 0.05) is 6.42 Å². The Bertz CT molecular complexity index is 83.1. The molecule has 0 aromatic heterocycles. The van der Waals surface area contributed by atoms with Crippen molar-refractivity contribution >= 4 is 5.90 Å². The Morgan fingerprint density at radius 3 is 2.78 bits per heavy atom. The largest absolute Gasteiger partial charge is 0.481 e. The molecule has 0 atom stereocenters. The summed E-state index contributed by atoms with van der Waals surface area (Å²) in [5, 5.41) is 15.3. The third kappa shape index (κ3) is 5.30. The van der Waals surface area contributed by atoms with Gasteiger partial charge in [-0.25, -0.2) is 0 Å². The van der Waals surface area contributed by atoms with Crippen LogP contribution in [0.4, 0.5) is 0 Å². The highest BCUT2D eigenvalue weighted by molar-refractivity contribution is 5.72. The predicted octanol–water partition coefficient (Wildman–Crippen LogP) is 0.773. The van der Waals surface area contributed by atoms with Crippen molar-refractivity contribution in [2.45, 2.75) is 19.8 Å². The summed E-state index contributed by atoms with van der Waals surface area (Å²) in [4.78, 5) is 0. The Labute approximate surface area is 55.2 Å². The van der Waals surface area contributed by atoms with E-state index < -0.39 is 0 Å². The number of hydrogen-bond acceptors (Lipinski definition) is 3. The van der Waals surface area contributed by atoms with Crippen molar-refractivity contribution in [3.8, 4) is 0 Å². The monoisotopic (exact) mass is 131 g/mol. The maximum atomic E-state index is 8.32. The van der Waals surface area contributed by atoms with Crippen LogP contribution in [0.25, 0.3) is 0 Å². The highest BCUT2D eigenvalue weighted by atomic mass is 16.5. The van der Waals surface area contributed by atoms with Gasteiger partial charge in [0.1, 0.15) is 0 Å². The van der Waals surface area contributed by atoms with Crippen LogP contribution < -0.4 is 0 Å². The van der Waals surface area contributed by atoms with Crippen molar-refractivity contribution in [1.82, 2.24) is 0 Å². The quantitative estimate of drug-likeness (QED) is 0.437. The van der Waals surface area contributed by atoms with Crippen molar-refractivity contribution < 1.29 is 9.84 Å². The summed E-state index contributed by atoms with van der Waals surface area (Å²) in [5.74, 6) is 0.180.